The van der Waals surface area contributed by atoms with Gasteiger partial charge >= 0.3 is 0 Å². The zero-order chi connectivity index (χ0) is 14.5. The van der Waals surface area contributed by atoms with Crippen LogP contribution < -0.4 is 10.1 Å². The molecule has 3 nitrogen and oxygen atoms in total. The lowest BCUT2D eigenvalue weighted by atomic mass is 10.1. The van der Waals surface area contributed by atoms with Gasteiger partial charge in [-0.25, -0.2) is 4.39 Å². The molecule has 0 bridgehead atoms. The standard InChI is InChI=1S/C16H25FN2O/c1-4-18-12(2)13-5-6-16(15(17)11-13)20-14-7-9-19(3)10-8-14/h5-6,11-12,14,18H,4,7-10H2,1-3H3. The first-order valence-corrected chi connectivity index (χ1v) is 7.48. The maximum atomic E-state index is 14.1. The fraction of sp³-hybridized carbons (Fsp3) is 0.625. The molecule has 0 aromatic heterocycles. The first-order chi connectivity index (χ1) is 9.60. The summed E-state index contributed by atoms with van der Waals surface area (Å²) in [4.78, 5) is 2.28. The van der Waals surface area contributed by atoms with Gasteiger partial charge in [-0.1, -0.05) is 13.0 Å². The minimum absolute atomic E-state index is 0.137. The maximum absolute atomic E-state index is 14.1. The molecule has 1 heterocycles. The van der Waals surface area contributed by atoms with E-state index in [0.717, 1.165) is 38.0 Å². The number of piperidine rings is 1. The highest BCUT2D eigenvalue weighted by molar-refractivity contribution is 5.31. The van der Waals surface area contributed by atoms with Crippen LogP contribution in [-0.2, 0) is 0 Å². The lowest BCUT2D eigenvalue weighted by Gasteiger charge is -2.29. The molecule has 2 rings (SSSR count). The predicted molar refractivity (Wildman–Crippen MR) is 79.6 cm³/mol. The van der Waals surface area contributed by atoms with Crippen molar-refractivity contribution in [2.75, 3.05) is 26.7 Å². The summed E-state index contributed by atoms with van der Waals surface area (Å²) in [6.07, 6.45) is 2.06. The van der Waals surface area contributed by atoms with Gasteiger partial charge in [-0.3, -0.25) is 0 Å². The van der Waals surface area contributed by atoms with Gasteiger partial charge in [0.1, 0.15) is 6.10 Å². The number of benzene rings is 1. The predicted octanol–water partition coefficient (Wildman–Crippen LogP) is 2.97. The normalized spacial score (nSPS) is 19.0. The highest BCUT2D eigenvalue weighted by Crippen LogP contribution is 2.25. The molecule has 1 saturated heterocycles. The van der Waals surface area contributed by atoms with E-state index in [4.69, 9.17) is 4.74 Å². The Morgan fingerprint density at radius 1 is 1.40 bits per heavy atom. The van der Waals surface area contributed by atoms with E-state index in [2.05, 4.69) is 17.3 Å². The van der Waals surface area contributed by atoms with E-state index in [1.165, 1.54) is 0 Å². The Morgan fingerprint density at radius 2 is 2.10 bits per heavy atom. The number of rotatable bonds is 5. The second-order valence-corrected chi connectivity index (χ2v) is 5.59. The summed E-state index contributed by atoms with van der Waals surface area (Å²) < 4.78 is 19.9. The summed E-state index contributed by atoms with van der Waals surface area (Å²) in [6, 6.07) is 5.45. The molecule has 1 aromatic rings. The molecule has 0 amide bonds. The molecule has 1 aliphatic heterocycles. The van der Waals surface area contributed by atoms with E-state index in [9.17, 15) is 4.39 Å². The van der Waals surface area contributed by atoms with Crippen LogP contribution in [0.5, 0.6) is 5.75 Å². The lowest BCUT2D eigenvalue weighted by molar-refractivity contribution is 0.110. The van der Waals surface area contributed by atoms with Gasteiger partial charge in [0.05, 0.1) is 0 Å². The van der Waals surface area contributed by atoms with Gasteiger partial charge in [-0.15, -0.1) is 0 Å². The van der Waals surface area contributed by atoms with Gasteiger partial charge in [0.2, 0.25) is 0 Å². The van der Waals surface area contributed by atoms with Crippen LogP contribution >= 0.6 is 0 Å². The molecule has 1 fully saturated rings. The number of halogens is 1. The summed E-state index contributed by atoms with van der Waals surface area (Å²) in [5, 5.41) is 3.28. The first-order valence-electron chi connectivity index (χ1n) is 7.48. The molecule has 1 unspecified atom stereocenters. The molecule has 1 aromatic carbocycles. The molecule has 0 radical (unpaired) electrons. The van der Waals surface area contributed by atoms with E-state index in [1.807, 2.05) is 19.9 Å². The molecule has 1 aliphatic rings. The topological polar surface area (TPSA) is 24.5 Å². The zero-order valence-electron chi connectivity index (χ0n) is 12.7. The summed E-state index contributed by atoms with van der Waals surface area (Å²) in [7, 11) is 2.10. The third-order valence-corrected chi connectivity index (χ3v) is 3.93. The van der Waals surface area contributed by atoms with Crippen LogP contribution in [0, 0.1) is 5.82 Å². The Bertz CT molecular complexity index is 430. The molecule has 0 aliphatic carbocycles. The smallest absolute Gasteiger partial charge is 0.165 e. The first kappa shape index (κ1) is 15.3. The Kier molecular flexibility index (Phi) is 5.38. The maximum Gasteiger partial charge on any atom is 0.165 e. The van der Waals surface area contributed by atoms with Crippen LogP contribution in [0.3, 0.4) is 0 Å². The number of nitrogens with zero attached hydrogens (tertiary/aromatic N) is 1. The second kappa shape index (κ2) is 7.04. The Labute approximate surface area is 121 Å². The van der Waals surface area contributed by atoms with Gasteiger partial charge in [0, 0.05) is 19.1 Å². The number of ether oxygens (including phenoxy) is 1. The third kappa shape index (κ3) is 3.93. The highest BCUT2D eigenvalue weighted by Gasteiger charge is 2.19. The van der Waals surface area contributed by atoms with E-state index < -0.39 is 0 Å². The van der Waals surface area contributed by atoms with Crippen LogP contribution in [0.4, 0.5) is 4.39 Å². The van der Waals surface area contributed by atoms with Crippen molar-refractivity contribution in [3.8, 4) is 5.75 Å². The van der Waals surface area contributed by atoms with Crippen molar-refractivity contribution >= 4 is 0 Å². The van der Waals surface area contributed by atoms with E-state index >= 15 is 0 Å². The van der Waals surface area contributed by atoms with Gasteiger partial charge in [-0.05, 0) is 51.1 Å². The van der Waals surface area contributed by atoms with Crippen LogP contribution in [-0.4, -0.2) is 37.7 Å². The second-order valence-electron chi connectivity index (χ2n) is 5.59. The number of hydrogen-bond donors (Lipinski definition) is 1. The highest BCUT2D eigenvalue weighted by atomic mass is 19.1. The minimum Gasteiger partial charge on any atom is -0.487 e. The SMILES string of the molecule is CCNC(C)c1ccc(OC2CCN(C)CC2)c(F)c1. The van der Waals surface area contributed by atoms with Crippen molar-refractivity contribution in [2.24, 2.45) is 0 Å². The quantitative estimate of drug-likeness (QED) is 0.897. The van der Waals surface area contributed by atoms with Crippen LogP contribution in [0.1, 0.15) is 38.3 Å². The molecule has 4 heteroatoms. The fourth-order valence-corrected chi connectivity index (χ4v) is 2.59. The van der Waals surface area contributed by atoms with E-state index in [0.29, 0.717) is 5.75 Å². The molecule has 1 atom stereocenters. The van der Waals surface area contributed by atoms with Crippen molar-refractivity contribution in [2.45, 2.75) is 38.8 Å². The number of nitrogens with one attached hydrogen (secondary N) is 1. The van der Waals surface area contributed by atoms with Crippen molar-refractivity contribution in [3.05, 3.63) is 29.6 Å². The Morgan fingerprint density at radius 3 is 2.70 bits per heavy atom. The van der Waals surface area contributed by atoms with Gasteiger partial charge < -0.3 is 15.0 Å². The fourth-order valence-electron chi connectivity index (χ4n) is 2.59. The van der Waals surface area contributed by atoms with Crippen LogP contribution in [0.25, 0.3) is 0 Å². The summed E-state index contributed by atoms with van der Waals surface area (Å²) in [6.45, 7) is 6.99. The van der Waals surface area contributed by atoms with Gasteiger partial charge in [0.15, 0.2) is 11.6 Å². The molecule has 0 saturated carbocycles. The number of hydrogen-bond acceptors (Lipinski definition) is 3. The van der Waals surface area contributed by atoms with Gasteiger partial charge in [0.25, 0.3) is 0 Å². The molecule has 1 N–H and O–H groups in total. The van der Waals surface area contributed by atoms with Gasteiger partial charge in [-0.2, -0.15) is 0 Å². The van der Waals surface area contributed by atoms with Crippen LogP contribution in [0.15, 0.2) is 18.2 Å². The summed E-state index contributed by atoms with van der Waals surface area (Å²) in [5.74, 6) is 0.123. The van der Waals surface area contributed by atoms with Crippen molar-refractivity contribution < 1.29 is 9.13 Å². The summed E-state index contributed by atoms with van der Waals surface area (Å²) >= 11 is 0. The monoisotopic (exact) mass is 280 g/mol. The van der Waals surface area contributed by atoms with E-state index in [1.54, 1.807) is 12.1 Å². The molecular formula is C16H25FN2O. The molecule has 0 spiro atoms. The average Bonchev–Trinajstić information content (AvgIpc) is 2.43. The van der Waals surface area contributed by atoms with Crippen LogP contribution in [0.2, 0.25) is 0 Å². The van der Waals surface area contributed by atoms with E-state index in [-0.39, 0.29) is 18.0 Å². The molecule has 112 valence electrons. The molecular weight excluding hydrogens is 255 g/mol. The minimum atomic E-state index is -0.258. The van der Waals surface area contributed by atoms with Crippen molar-refractivity contribution in [1.29, 1.82) is 0 Å². The van der Waals surface area contributed by atoms with Crippen molar-refractivity contribution in [3.63, 3.8) is 0 Å². The lowest BCUT2D eigenvalue weighted by Crippen LogP contribution is -2.35. The average molecular weight is 280 g/mol. The largest absolute Gasteiger partial charge is 0.487 e. The Hall–Kier alpha value is -1.13. The number of likely N-dealkylation sites (tertiary alicyclic amines) is 1. The zero-order valence-corrected chi connectivity index (χ0v) is 12.7. The Balaban J connectivity index is 1.99. The summed E-state index contributed by atoms with van der Waals surface area (Å²) in [5.41, 5.74) is 0.958. The third-order valence-electron chi connectivity index (χ3n) is 3.93. The molecule has 20 heavy (non-hydrogen) atoms. The van der Waals surface area contributed by atoms with Crippen molar-refractivity contribution in [1.82, 2.24) is 10.2 Å².